The summed E-state index contributed by atoms with van der Waals surface area (Å²) in [6, 6.07) is 1.04. The number of thioether (sulfide) groups is 1. The van der Waals surface area contributed by atoms with Crippen LogP contribution >= 0.6 is 23.1 Å². The van der Waals surface area contributed by atoms with Crippen LogP contribution in [-0.2, 0) is 11.3 Å². The zero-order chi connectivity index (χ0) is 13.1. The molecule has 0 saturated carbocycles. The van der Waals surface area contributed by atoms with Crippen LogP contribution in [-0.4, -0.2) is 51.6 Å². The fourth-order valence-electron chi connectivity index (χ4n) is 1.78. The Hall–Kier alpha value is -1.21. The van der Waals surface area contributed by atoms with E-state index in [1.807, 2.05) is 16.8 Å². The number of urea groups is 1. The maximum atomic E-state index is 12.2. The van der Waals surface area contributed by atoms with Crippen molar-refractivity contribution in [1.82, 2.24) is 9.80 Å². The van der Waals surface area contributed by atoms with Gasteiger partial charge in [0.05, 0.1) is 5.88 Å². The molecule has 1 aromatic rings. The van der Waals surface area contributed by atoms with Gasteiger partial charge in [0.15, 0.2) is 0 Å². The average Bonchev–Trinajstić information content (AvgIpc) is 2.97. The smallest absolute Gasteiger partial charge is 0.327 e. The van der Waals surface area contributed by atoms with Gasteiger partial charge in [-0.25, -0.2) is 9.59 Å². The standard InChI is InChI=1S/C11H14N2O3S2/c1-12(4-8-2-3-17-5-8)11(16)13-7-18-6-9(13)10(14)15/h2-3,5,9H,4,6-7H2,1H3,(H,14,15)/t9-/m0/s1. The van der Waals surface area contributed by atoms with Gasteiger partial charge in [-0.15, -0.1) is 11.8 Å². The van der Waals surface area contributed by atoms with Gasteiger partial charge in [0.2, 0.25) is 0 Å². The van der Waals surface area contributed by atoms with E-state index in [1.54, 1.807) is 23.3 Å². The van der Waals surface area contributed by atoms with Crippen molar-refractivity contribution >= 4 is 35.1 Å². The lowest BCUT2D eigenvalue weighted by molar-refractivity contribution is -0.140. The maximum Gasteiger partial charge on any atom is 0.327 e. The van der Waals surface area contributed by atoms with E-state index in [2.05, 4.69) is 0 Å². The van der Waals surface area contributed by atoms with E-state index in [1.165, 1.54) is 16.7 Å². The number of carbonyl (C=O) groups is 2. The van der Waals surface area contributed by atoms with E-state index in [-0.39, 0.29) is 6.03 Å². The van der Waals surface area contributed by atoms with E-state index in [0.29, 0.717) is 18.2 Å². The van der Waals surface area contributed by atoms with Gasteiger partial charge < -0.3 is 14.9 Å². The molecule has 1 aliphatic rings. The van der Waals surface area contributed by atoms with Crippen LogP contribution in [0.5, 0.6) is 0 Å². The lowest BCUT2D eigenvalue weighted by Crippen LogP contribution is -2.47. The largest absolute Gasteiger partial charge is 0.480 e. The van der Waals surface area contributed by atoms with E-state index >= 15 is 0 Å². The Morgan fingerprint density at radius 1 is 1.61 bits per heavy atom. The van der Waals surface area contributed by atoms with Crippen molar-refractivity contribution in [3.8, 4) is 0 Å². The number of carbonyl (C=O) groups excluding carboxylic acids is 1. The first-order valence-corrected chi connectivity index (χ1v) is 7.52. The van der Waals surface area contributed by atoms with Crippen molar-refractivity contribution in [2.75, 3.05) is 18.7 Å². The van der Waals surface area contributed by atoms with Crippen molar-refractivity contribution in [3.63, 3.8) is 0 Å². The molecule has 1 saturated heterocycles. The molecule has 1 aromatic heterocycles. The van der Waals surface area contributed by atoms with Crippen LogP contribution in [0.1, 0.15) is 5.56 Å². The Labute approximate surface area is 113 Å². The quantitative estimate of drug-likeness (QED) is 0.920. The molecule has 1 atom stereocenters. The molecule has 0 aliphatic carbocycles. The molecule has 5 nitrogen and oxygen atoms in total. The predicted octanol–water partition coefficient (Wildman–Crippen LogP) is 1.76. The van der Waals surface area contributed by atoms with Crippen LogP contribution in [0.3, 0.4) is 0 Å². The molecule has 0 bridgehead atoms. The first kappa shape index (κ1) is 13.2. The number of thiophene rings is 1. The van der Waals surface area contributed by atoms with E-state index < -0.39 is 12.0 Å². The third-order valence-corrected chi connectivity index (χ3v) is 4.48. The van der Waals surface area contributed by atoms with Gasteiger partial charge in [-0.05, 0) is 22.4 Å². The summed E-state index contributed by atoms with van der Waals surface area (Å²) in [6.07, 6.45) is 0. The van der Waals surface area contributed by atoms with E-state index in [9.17, 15) is 9.59 Å². The third kappa shape index (κ3) is 2.78. The molecule has 1 aliphatic heterocycles. The van der Waals surface area contributed by atoms with Crippen molar-refractivity contribution < 1.29 is 14.7 Å². The monoisotopic (exact) mass is 286 g/mol. The summed E-state index contributed by atoms with van der Waals surface area (Å²) >= 11 is 3.05. The molecule has 1 fully saturated rings. The van der Waals surface area contributed by atoms with Crippen LogP contribution in [0, 0.1) is 0 Å². The summed E-state index contributed by atoms with van der Waals surface area (Å²) in [5.74, 6) is -0.0192. The number of amides is 2. The zero-order valence-electron chi connectivity index (χ0n) is 9.91. The number of hydrogen-bond acceptors (Lipinski definition) is 4. The van der Waals surface area contributed by atoms with Crippen molar-refractivity contribution in [2.24, 2.45) is 0 Å². The number of nitrogens with zero attached hydrogens (tertiary/aromatic N) is 2. The van der Waals surface area contributed by atoms with E-state index in [0.717, 1.165) is 5.56 Å². The highest BCUT2D eigenvalue weighted by Crippen LogP contribution is 2.22. The molecule has 0 aromatic carbocycles. The van der Waals surface area contributed by atoms with Gasteiger partial charge in [0.25, 0.3) is 0 Å². The minimum absolute atomic E-state index is 0.224. The molecule has 0 radical (unpaired) electrons. The van der Waals surface area contributed by atoms with Gasteiger partial charge in [-0.2, -0.15) is 11.3 Å². The summed E-state index contributed by atoms with van der Waals surface area (Å²) < 4.78 is 0. The topological polar surface area (TPSA) is 60.9 Å². The normalized spacial score (nSPS) is 18.9. The van der Waals surface area contributed by atoms with Gasteiger partial charge in [0.1, 0.15) is 6.04 Å². The first-order chi connectivity index (χ1) is 8.59. The van der Waals surface area contributed by atoms with Crippen molar-refractivity contribution in [3.05, 3.63) is 22.4 Å². The second-order valence-corrected chi connectivity index (χ2v) is 5.87. The van der Waals surface area contributed by atoms with Gasteiger partial charge >= 0.3 is 12.0 Å². The highest BCUT2D eigenvalue weighted by Gasteiger charge is 2.35. The molecular formula is C11H14N2O3S2. The van der Waals surface area contributed by atoms with Crippen molar-refractivity contribution in [2.45, 2.75) is 12.6 Å². The molecule has 2 rings (SSSR count). The Morgan fingerprint density at radius 3 is 3.00 bits per heavy atom. The summed E-state index contributed by atoms with van der Waals surface area (Å²) in [5, 5.41) is 13.0. The van der Waals surface area contributed by atoms with Gasteiger partial charge in [-0.1, -0.05) is 0 Å². The highest BCUT2D eigenvalue weighted by atomic mass is 32.2. The molecule has 2 amide bonds. The summed E-state index contributed by atoms with van der Waals surface area (Å²) in [6.45, 7) is 0.510. The maximum absolute atomic E-state index is 12.2. The van der Waals surface area contributed by atoms with E-state index in [4.69, 9.17) is 5.11 Å². The van der Waals surface area contributed by atoms with Crippen LogP contribution in [0.4, 0.5) is 4.79 Å². The van der Waals surface area contributed by atoms with Gasteiger partial charge in [0, 0.05) is 19.3 Å². The van der Waals surface area contributed by atoms with Crippen LogP contribution in [0.15, 0.2) is 16.8 Å². The fraction of sp³-hybridized carbons (Fsp3) is 0.455. The third-order valence-electron chi connectivity index (χ3n) is 2.74. The highest BCUT2D eigenvalue weighted by molar-refractivity contribution is 7.99. The first-order valence-electron chi connectivity index (χ1n) is 5.43. The minimum Gasteiger partial charge on any atom is -0.480 e. The number of hydrogen-bond donors (Lipinski definition) is 1. The lowest BCUT2D eigenvalue weighted by Gasteiger charge is -2.26. The minimum atomic E-state index is -0.933. The van der Waals surface area contributed by atoms with Gasteiger partial charge in [-0.3, -0.25) is 0 Å². The number of rotatable bonds is 3. The molecule has 2 heterocycles. The fourth-order valence-corrected chi connectivity index (χ4v) is 3.58. The molecule has 0 spiro atoms. The zero-order valence-corrected chi connectivity index (χ0v) is 11.5. The molecule has 98 valence electrons. The second-order valence-electron chi connectivity index (χ2n) is 4.09. The average molecular weight is 286 g/mol. The second kappa shape index (κ2) is 5.62. The Bertz CT molecular complexity index is 436. The molecular weight excluding hydrogens is 272 g/mol. The summed E-state index contributed by atoms with van der Waals surface area (Å²) in [5.41, 5.74) is 1.06. The predicted molar refractivity (Wildman–Crippen MR) is 71.8 cm³/mol. The number of aliphatic carboxylic acids is 1. The SMILES string of the molecule is CN(Cc1ccsc1)C(=O)N1CSC[C@H]1C(=O)O. The molecule has 0 unspecified atom stereocenters. The molecule has 1 N–H and O–H groups in total. The van der Waals surface area contributed by atoms with Crippen LogP contribution in [0.25, 0.3) is 0 Å². The number of carboxylic acids is 1. The number of carboxylic acid groups (broad SMARTS) is 1. The van der Waals surface area contributed by atoms with Crippen LogP contribution < -0.4 is 0 Å². The summed E-state index contributed by atoms with van der Waals surface area (Å²) in [4.78, 5) is 26.2. The Morgan fingerprint density at radius 2 is 2.39 bits per heavy atom. The summed E-state index contributed by atoms with van der Waals surface area (Å²) in [7, 11) is 1.70. The lowest BCUT2D eigenvalue weighted by atomic mass is 10.3. The molecule has 7 heteroatoms. The molecule has 18 heavy (non-hydrogen) atoms. The Balaban J connectivity index is 1.99. The Kier molecular flexibility index (Phi) is 4.13. The van der Waals surface area contributed by atoms with Crippen molar-refractivity contribution in [1.29, 1.82) is 0 Å². The van der Waals surface area contributed by atoms with Crippen LogP contribution in [0.2, 0.25) is 0 Å².